The third-order valence-electron chi connectivity index (χ3n) is 13.3. The Bertz CT molecular complexity index is 2800. The highest BCUT2D eigenvalue weighted by molar-refractivity contribution is 5.88. The molecule has 0 N–H and O–H groups in total. The first-order chi connectivity index (χ1) is 32.5. The molecule has 0 saturated heterocycles. The maximum Gasteiger partial charge on any atom is 0.161 e. The zero-order valence-corrected chi connectivity index (χ0v) is 40.0. The fourth-order valence-electron chi connectivity index (χ4n) is 9.63. The quantitative estimate of drug-likeness (QED) is 0.0673. The van der Waals surface area contributed by atoms with Crippen molar-refractivity contribution in [3.63, 3.8) is 0 Å². The lowest BCUT2D eigenvalue weighted by Crippen LogP contribution is -2.02. The van der Waals surface area contributed by atoms with Gasteiger partial charge in [0.2, 0.25) is 0 Å². The minimum absolute atomic E-state index is 0.744. The van der Waals surface area contributed by atoms with Gasteiger partial charge in [-0.15, -0.1) is 0 Å². The molecule has 0 fully saturated rings. The summed E-state index contributed by atoms with van der Waals surface area (Å²) in [5, 5.41) is 0. The van der Waals surface area contributed by atoms with Crippen molar-refractivity contribution in [1.82, 2.24) is 9.97 Å². The molecule has 0 aliphatic rings. The number of hydrogen-bond donors (Lipinski definition) is 0. The van der Waals surface area contributed by atoms with Crippen molar-refractivity contribution < 1.29 is 0 Å². The molecule has 2 nitrogen and oxygen atoms in total. The number of unbranched alkanes of at least 4 members (excludes halogenated alkanes) is 10. The van der Waals surface area contributed by atoms with Gasteiger partial charge in [0, 0.05) is 16.7 Å². The average molecular weight is 865 g/mol. The van der Waals surface area contributed by atoms with E-state index in [-0.39, 0.29) is 0 Å². The first-order valence-corrected chi connectivity index (χ1v) is 25.0. The molecule has 8 rings (SSSR count). The number of aromatic nitrogens is 2. The van der Waals surface area contributed by atoms with Crippen LogP contribution in [0.4, 0.5) is 0 Å². The Morgan fingerprint density at radius 1 is 0.318 bits per heavy atom. The predicted octanol–water partition coefficient (Wildman–Crippen LogP) is 18.6. The van der Waals surface area contributed by atoms with E-state index in [1.165, 1.54) is 133 Å². The summed E-state index contributed by atoms with van der Waals surface area (Å²) in [6, 6.07) is 62.2. The van der Waals surface area contributed by atoms with Gasteiger partial charge in [-0.25, -0.2) is 9.97 Å². The summed E-state index contributed by atoms with van der Waals surface area (Å²) >= 11 is 0. The number of benzene rings is 7. The molecule has 66 heavy (non-hydrogen) atoms. The van der Waals surface area contributed by atoms with Crippen LogP contribution in [0.15, 0.2) is 170 Å². The van der Waals surface area contributed by atoms with Gasteiger partial charge >= 0.3 is 0 Å². The molecule has 0 aliphatic carbocycles. The lowest BCUT2D eigenvalue weighted by molar-refractivity contribution is 0.605. The van der Waals surface area contributed by atoms with Crippen LogP contribution in [0.5, 0.6) is 0 Å². The topological polar surface area (TPSA) is 25.8 Å². The number of hydrogen-bond acceptors (Lipinski definition) is 2. The van der Waals surface area contributed by atoms with Crippen LogP contribution < -0.4 is 0 Å². The third-order valence-corrected chi connectivity index (χ3v) is 13.3. The maximum atomic E-state index is 5.68. The summed E-state index contributed by atoms with van der Waals surface area (Å²) in [6.45, 7) is 9.10. The zero-order chi connectivity index (χ0) is 45.5. The second-order valence-electron chi connectivity index (χ2n) is 18.4. The molecule has 1 heterocycles. The summed E-state index contributed by atoms with van der Waals surface area (Å²) in [7, 11) is 0. The van der Waals surface area contributed by atoms with Gasteiger partial charge in [0.25, 0.3) is 0 Å². The summed E-state index contributed by atoms with van der Waals surface area (Å²) in [5.74, 6) is 0.744. The van der Waals surface area contributed by atoms with Crippen molar-refractivity contribution >= 4 is 0 Å². The van der Waals surface area contributed by atoms with Crippen LogP contribution in [-0.2, 0) is 12.8 Å². The molecule has 8 aromatic rings. The summed E-state index contributed by atoms with van der Waals surface area (Å²) in [6.07, 6.45) is 17.5. The fraction of sp³-hybridized carbons (Fsp3) is 0.281. The SMILES string of the molecule is CCCCCCCCc1cc(-c2cc(-c3cccc(-c4ccccc4-c4cccc(C)c4)c3)nc(-c3cc(-c4ccccc4)ccc3-c3ccccc3)n2)c(CCCCCCCC)cc1C. The monoisotopic (exact) mass is 865 g/mol. The molecule has 0 bridgehead atoms. The van der Waals surface area contributed by atoms with Crippen molar-refractivity contribution in [2.24, 2.45) is 0 Å². The Morgan fingerprint density at radius 3 is 1.52 bits per heavy atom. The van der Waals surface area contributed by atoms with E-state index >= 15 is 0 Å². The van der Waals surface area contributed by atoms with E-state index in [4.69, 9.17) is 9.97 Å². The van der Waals surface area contributed by atoms with Gasteiger partial charge in [-0.2, -0.15) is 0 Å². The van der Waals surface area contributed by atoms with Crippen LogP contribution in [0.1, 0.15) is 113 Å². The van der Waals surface area contributed by atoms with Crippen LogP contribution in [0, 0.1) is 13.8 Å². The second kappa shape index (κ2) is 23.2. The van der Waals surface area contributed by atoms with Crippen LogP contribution in [0.25, 0.3) is 78.4 Å². The number of nitrogens with zero attached hydrogens (tertiary/aromatic N) is 2. The van der Waals surface area contributed by atoms with E-state index < -0.39 is 0 Å². The Morgan fingerprint density at radius 2 is 0.848 bits per heavy atom. The van der Waals surface area contributed by atoms with E-state index in [9.17, 15) is 0 Å². The van der Waals surface area contributed by atoms with Crippen LogP contribution in [0.2, 0.25) is 0 Å². The average Bonchev–Trinajstić information content (AvgIpc) is 3.37. The first-order valence-electron chi connectivity index (χ1n) is 25.0. The molecule has 0 atom stereocenters. The Kier molecular flexibility index (Phi) is 16.2. The highest BCUT2D eigenvalue weighted by atomic mass is 14.9. The van der Waals surface area contributed by atoms with Gasteiger partial charge < -0.3 is 0 Å². The number of aryl methyl sites for hydroxylation is 4. The lowest BCUT2D eigenvalue weighted by Gasteiger charge is -2.18. The van der Waals surface area contributed by atoms with Crippen LogP contribution in [0.3, 0.4) is 0 Å². The normalized spacial score (nSPS) is 11.3. The molecule has 2 heteroatoms. The van der Waals surface area contributed by atoms with Gasteiger partial charge in [-0.3, -0.25) is 0 Å². The molecule has 0 aliphatic heterocycles. The standard InChI is InChI=1S/C64H68N2/c1-5-7-9-11-13-17-32-51-44-60(54(42-48(51)4)33-18-14-12-10-8-6-2)63-46-62(56-36-26-35-55(43-56)58-38-24-23-37-57(58)53-34-25-27-47(3)41-53)65-64(66-63)61-45-52(49-28-19-15-20-29-49)39-40-59(61)50-30-21-16-22-31-50/h15-16,19-31,34-46H,5-14,17-18,32-33H2,1-4H3. The van der Waals surface area contributed by atoms with Crippen LogP contribution >= 0.6 is 0 Å². The summed E-state index contributed by atoms with van der Waals surface area (Å²) < 4.78 is 0. The Labute approximate surface area is 396 Å². The molecule has 0 amide bonds. The summed E-state index contributed by atoms with van der Waals surface area (Å²) in [5.41, 5.74) is 20.2. The van der Waals surface area contributed by atoms with Gasteiger partial charge in [-0.05, 0) is 125 Å². The minimum atomic E-state index is 0.744. The van der Waals surface area contributed by atoms with E-state index in [0.717, 1.165) is 57.9 Å². The van der Waals surface area contributed by atoms with Gasteiger partial charge in [0.05, 0.1) is 11.4 Å². The largest absolute Gasteiger partial charge is 0.228 e. The molecule has 0 unspecified atom stereocenters. The molecule has 0 saturated carbocycles. The molecule has 0 spiro atoms. The van der Waals surface area contributed by atoms with E-state index in [1.807, 2.05) is 0 Å². The zero-order valence-electron chi connectivity index (χ0n) is 40.0. The van der Waals surface area contributed by atoms with Crippen LogP contribution in [-0.4, -0.2) is 9.97 Å². The van der Waals surface area contributed by atoms with Gasteiger partial charge in [0.15, 0.2) is 5.82 Å². The Hall–Kier alpha value is -6.38. The smallest absolute Gasteiger partial charge is 0.161 e. The van der Waals surface area contributed by atoms with Gasteiger partial charge in [0.1, 0.15) is 0 Å². The predicted molar refractivity (Wildman–Crippen MR) is 284 cm³/mol. The van der Waals surface area contributed by atoms with E-state index in [2.05, 4.69) is 198 Å². The highest BCUT2D eigenvalue weighted by Crippen LogP contribution is 2.39. The lowest BCUT2D eigenvalue weighted by atomic mass is 9.90. The molecule has 0 radical (unpaired) electrons. The highest BCUT2D eigenvalue weighted by Gasteiger charge is 2.19. The molecule has 1 aromatic heterocycles. The van der Waals surface area contributed by atoms with Crippen molar-refractivity contribution in [1.29, 1.82) is 0 Å². The van der Waals surface area contributed by atoms with E-state index in [1.54, 1.807) is 0 Å². The van der Waals surface area contributed by atoms with Crippen molar-refractivity contribution in [3.8, 4) is 78.4 Å². The molecular weight excluding hydrogens is 797 g/mol. The second-order valence-corrected chi connectivity index (χ2v) is 18.4. The van der Waals surface area contributed by atoms with Crippen molar-refractivity contribution in [3.05, 3.63) is 192 Å². The van der Waals surface area contributed by atoms with Crippen molar-refractivity contribution in [2.75, 3.05) is 0 Å². The third kappa shape index (κ3) is 11.7. The molecule has 334 valence electrons. The maximum absolute atomic E-state index is 5.68. The van der Waals surface area contributed by atoms with Crippen molar-refractivity contribution in [2.45, 2.75) is 118 Å². The fourth-order valence-corrected chi connectivity index (χ4v) is 9.63. The first kappa shape index (κ1) is 46.2. The van der Waals surface area contributed by atoms with E-state index in [0.29, 0.717) is 0 Å². The summed E-state index contributed by atoms with van der Waals surface area (Å²) in [4.78, 5) is 11.3. The van der Waals surface area contributed by atoms with Gasteiger partial charge in [-0.1, -0.05) is 229 Å². The Balaban J connectivity index is 1.31. The minimum Gasteiger partial charge on any atom is -0.228 e. The molecular formula is C64H68N2. The number of rotatable bonds is 21. The molecule has 7 aromatic carbocycles.